The van der Waals surface area contributed by atoms with E-state index in [-0.39, 0.29) is 0 Å². The average Bonchev–Trinajstić information content (AvgIpc) is 2.39. The normalized spacial score (nSPS) is 11.0. The van der Waals surface area contributed by atoms with Crippen LogP contribution in [0.2, 0.25) is 5.15 Å². The summed E-state index contributed by atoms with van der Waals surface area (Å²) in [6, 6.07) is 12.1. The van der Waals surface area contributed by atoms with Crippen LogP contribution in [0.25, 0.3) is 22.3 Å². The number of hydrogen-bond donors (Lipinski definition) is 0. The summed E-state index contributed by atoms with van der Waals surface area (Å²) in [5.74, 6) is 0.649. The second-order valence-corrected chi connectivity index (χ2v) is 6.06. The van der Waals surface area contributed by atoms with Crippen LogP contribution in [0.5, 0.6) is 0 Å². The fourth-order valence-corrected chi connectivity index (χ4v) is 3.09. The third-order valence-electron chi connectivity index (χ3n) is 3.13. The molecule has 2 aromatic carbocycles. The lowest BCUT2D eigenvalue weighted by atomic mass is 10.1. The van der Waals surface area contributed by atoms with Gasteiger partial charge in [-0.05, 0) is 53.5 Å². The minimum Gasteiger partial charge on any atom is -0.227 e. The number of benzene rings is 2. The van der Waals surface area contributed by atoms with E-state index in [4.69, 9.17) is 11.6 Å². The molecule has 100 valence electrons. The maximum atomic E-state index is 6.32. The molecule has 0 N–H and O–H groups in total. The van der Waals surface area contributed by atoms with E-state index in [1.807, 2.05) is 44.2 Å². The monoisotopic (exact) mass is 346 g/mol. The Balaban J connectivity index is 2.29. The molecule has 0 bridgehead atoms. The minimum atomic E-state index is 0.482. The third kappa shape index (κ3) is 2.43. The number of aromatic nitrogens is 2. The standard InChI is InChI=1S/C16H12BrClN2/c1-9-4-3-5-11(6-9)16-19-14-12(15(18)20-16)7-10(2)8-13(14)17/h3-8H,1-2H3. The van der Waals surface area contributed by atoms with E-state index in [2.05, 4.69) is 32.0 Å². The van der Waals surface area contributed by atoms with Crippen LogP contribution in [0.3, 0.4) is 0 Å². The number of aryl methyl sites for hydroxylation is 2. The molecular formula is C16H12BrClN2. The van der Waals surface area contributed by atoms with Gasteiger partial charge in [-0.25, -0.2) is 9.97 Å². The molecule has 0 aliphatic heterocycles. The summed E-state index contributed by atoms with van der Waals surface area (Å²) in [5.41, 5.74) is 4.11. The predicted octanol–water partition coefficient (Wildman–Crippen LogP) is 5.33. The lowest BCUT2D eigenvalue weighted by Crippen LogP contribution is -1.93. The quantitative estimate of drug-likeness (QED) is 0.556. The molecule has 3 aromatic rings. The SMILES string of the molecule is Cc1cccc(-c2nc(Cl)c3cc(C)cc(Br)c3n2)c1. The Hall–Kier alpha value is -1.45. The topological polar surface area (TPSA) is 25.8 Å². The van der Waals surface area contributed by atoms with Crippen molar-refractivity contribution in [2.24, 2.45) is 0 Å². The van der Waals surface area contributed by atoms with Crippen LogP contribution in [-0.2, 0) is 0 Å². The van der Waals surface area contributed by atoms with E-state index < -0.39 is 0 Å². The minimum absolute atomic E-state index is 0.482. The highest BCUT2D eigenvalue weighted by Crippen LogP contribution is 2.30. The molecule has 1 heterocycles. The summed E-state index contributed by atoms with van der Waals surface area (Å²) in [6.07, 6.45) is 0. The molecule has 0 saturated carbocycles. The number of nitrogens with zero attached hydrogens (tertiary/aromatic N) is 2. The first-order valence-corrected chi connectivity index (χ1v) is 7.42. The van der Waals surface area contributed by atoms with Crippen LogP contribution < -0.4 is 0 Å². The summed E-state index contributed by atoms with van der Waals surface area (Å²) < 4.78 is 0.936. The summed E-state index contributed by atoms with van der Waals surface area (Å²) in [4.78, 5) is 9.07. The van der Waals surface area contributed by atoms with Crippen LogP contribution in [0.4, 0.5) is 0 Å². The number of fused-ring (bicyclic) bond motifs is 1. The van der Waals surface area contributed by atoms with Crippen LogP contribution in [0.15, 0.2) is 40.9 Å². The summed E-state index contributed by atoms with van der Waals surface area (Å²) in [6.45, 7) is 4.07. The largest absolute Gasteiger partial charge is 0.227 e. The number of halogens is 2. The first-order chi connectivity index (χ1) is 9.54. The second-order valence-electron chi connectivity index (χ2n) is 4.85. The molecule has 0 spiro atoms. The molecule has 0 amide bonds. The molecule has 2 nitrogen and oxygen atoms in total. The molecule has 20 heavy (non-hydrogen) atoms. The molecule has 0 aliphatic carbocycles. The van der Waals surface area contributed by atoms with E-state index in [1.165, 1.54) is 5.56 Å². The van der Waals surface area contributed by atoms with Crippen molar-refractivity contribution >= 4 is 38.4 Å². The van der Waals surface area contributed by atoms with Gasteiger partial charge >= 0.3 is 0 Å². The van der Waals surface area contributed by atoms with Crippen LogP contribution in [-0.4, -0.2) is 9.97 Å². The number of hydrogen-bond acceptors (Lipinski definition) is 2. The van der Waals surface area contributed by atoms with Gasteiger partial charge in [-0.3, -0.25) is 0 Å². The van der Waals surface area contributed by atoms with E-state index in [0.717, 1.165) is 26.5 Å². The molecule has 0 radical (unpaired) electrons. The van der Waals surface area contributed by atoms with E-state index >= 15 is 0 Å². The Labute approximate surface area is 131 Å². The van der Waals surface area contributed by atoms with Gasteiger partial charge in [0.1, 0.15) is 5.15 Å². The van der Waals surface area contributed by atoms with Gasteiger partial charge in [-0.15, -0.1) is 0 Å². The van der Waals surface area contributed by atoms with E-state index in [0.29, 0.717) is 11.0 Å². The molecule has 0 fully saturated rings. The number of rotatable bonds is 1. The van der Waals surface area contributed by atoms with Gasteiger partial charge in [0, 0.05) is 15.4 Å². The Morgan fingerprint density at radius 3 is 2.55 bits per heavy atom. The fraction of sp³-hybridized carbons (Fsp3) is 0.125. The van der Waals surface area contributed by atoms with Gasteiger partial charge in [0.05, 0.1) is 5.52 Å². The molecule has 0 atom stereocenters. The van der Waals surface area contributed by atoms with Gasteiger partial charge in [0.2, 0.25) is 0 Å². The molecule has 3 rings (SSSR count). The third-order valence-corrected chi connectivity index (χ3v) is 4.02. The fourth-order valence-electron chi connectivity index (χ4n) is 2.20. The van der Waals surface area contributed by atoms with Crippen molar-refractivity contribution in [3.8, 4) is 11.4 Å². The summed E-state index contributed by atoms with van der Waals surface area (Å²) in [5, 5.41) is 1.35. The summed E-state index contributed by atoms with van der Waals surface area (Å²) >= 11 is 9.88. The molecule has 1 aromatic heterocycles. The molecule has 4 heteroatoms. The maximum absolute atomic E-state index is 6.32. The Kier molecular flexibility index (Phi) is 3.48. The van der Waals surface area contributed by atoms with Crippen LogP contribution in [0.1, 0.15) is 11.1 Å². The van der Waals surface area contributed by atoms with Crippen LogP contribution >= 0.6 is 27.5 Å². The Morgan fingerprint density at radius 2 is 1.80 bits per heavy atom. The van der Waals surface area contributed by atoms with Crippen molar-refractivity contribution in [1.29, 1.82) is 0 Å². The summed E-state index contributed by atoms with van der Waals surface area (Å²) in [7, 11) is 0. The van der Waals surface area contributed by atoms with E-state index in [9.17, 15) is 0 Å². The molecule has 0 unspecified atom stereocenters. The Bertz CT molecular complexity index is 815. The molecule has 0 saturated heterocycles. The molecular weight excluding hydrogens is 336 g/mol. The smallest absolute Gasteiger partial charge is 0.161 e. The molecule has 0 aliphatic rings. The predicted molar refractivity (Wildman–Crippen MR) is 87.2 cm³/mol. The van der Waals surface area contributed by atoms with Crippen molar-refractivity contribution in [1.82, 2.24) is 9.97 Å². The zero-order valence-electron chi connectivity index (χ0n) is 11.1. The zero-order valence-corrected chi connectivity index (χ0v) is 13.5. The van der Waals surface area contributed by atoms with Gasteiger partial charge < -0.3 is 0 Å². The first-order valence-electron chi connectivity index (χ1n) is 6.25. The lowest BCUT2D eigenvalue weighted by molar-refractivity contribution is 1.22. The van der Waals surface area contributed by atoms with Gasteiger partial charge in [0.15, 0.2) is 5.82 Å². The van der Waals surface area contributed by atoms with Crippen molar-refractivity contribution in [2.45, 2.75) is 13.8 Å². The van der Waals surface area contributed by atoms with Gasteiger partial charge in [0.25, 0.3) is 0 Å². The highest BCUT2D eigenvalue weighted by molar-refractivity contribution is 9.10. The maximum Gasteiger partial charge on any atom is 0.161 e. The van der Waals surface area contributed by atoms with Gasteiger partial charge in [-0.1, -0.05) is 35.4 Å². The van der Waals surface area contributed by atoms with Crippen LogP contribution in [0, 0.1) is 13.8 Å². The second kappa shape index (κ2) is 5.15. The highest BCUT2D eigenvalue weighted by atomic mass is 79.9. The Morgan fingerprint density at radius 1 is 1.00 bits per heavy atom. The van der Waals surface area contributed by atoms with Gasteiger partial charge in [-0.2, -0.15) is 0 Å². The lowest BCUT2D eigenvalue weighted by Gasteiger charge is -2.07. The van der Waals surface area contributed by atoms with Crippen molar-refractivity contribution < 1.29 is 0 Å². The first kappa shape index (κ1) is 13.5. The average molecular weight is 348 g/mol. The van der Waals surface area contributed by atoms with Crippen molar-refractivity contribution in [3.63, 3.8) is 0 Å². The zero-order chi connectivity index (χ0) is 14.3. The van der Waals surface area contributed by atoms with E-state index in [1.54, 1.807) is 0 Å². The van der Waals surface area contributed by atoms with Crippen molar-refractivity contribution in [3.05, 3.63) is 57.2 Å². The van der Waals surface area contributed by atoms with Crippen molar-refractivity contribution in [2.75, 3.05) is 0 Å². The highest BCUT2D eigenvalue weighted by Gasteiger charge is 2.11.